The van der Waals surface area contributed by atoms with E-state index in [0.717, 1.165) is 0 Å². The predicted molar refractivity (Wildman–Crippen MR) is 44.0 cm³/mol. The van der Waals surface area contributed by atoms with Gasteiger partial charge in [-0.3, -0.25) is 30.3 Å². The van der Waals surface area contributed by atoms with Gasteiger partial charge in [0.15, 0.2) is 0 Å². The van der Waals surface area contributed by atoms with E-state index in [4.69, 9.17) is 11.6 Å². The highest BCUT2D eigenvalue weighted by Gasteiger charge is 2.75. The Kier molecular flexibility index (Phi) is 2.67. The molecule has 86 valence electrons. The van der Waals surface area contributed by atoms with E-state index in [0.29, 0.717) is 6.33 Å². The number of rotatable bonds is 4. The molecule has 0 N–H and O–H groups in total. The number of nitrogens with zero attached hydrogens (tertiary/aromatic N) is 6. The molecule has 0 fully saturated rings. The molecule has 1 aromatic heterocycles. The van der Waals surface area contributed by atoms with Crippen molar-refractivity contribution in [2.24, 2.45) is 0 Å². The highest BCUT2D eigenvalue weighted by Crippen LogP contribution is 2.18. The van der Waals surface area contributed by atoms with Gasteiger partial charge in [0, 0.05) is 0 Å². The van der Waals surface area contributed by atoms with Crippen LogP contribution in [-0.2, 0) is 5.91 Å². The molecule has 0 aliphatic heterocycles. The molecule has 0 unspecified atom stereocenters. The maximum atomic E-state index is 10.5. The standard InChI is InChI=1S/C3HClN6O6/c4-2-5-1-7(6-2)3(8(11)12,9(13)14)10(15)16/h1H. The van der Waals surface area contributed by atoms with Gasteiger partial charge in [-0.1, -0.05) is 0 Å². The Hall–Kier alpha value is -2.37. The van der Waals surface area contributed by atoms with Gasteiger partial charge in [-0.15, -0.1) is 5.10 Å². The van der Waals surface area contributed by atoms with Crippen LogP contribution in [0, 0.1) is 30.3 Å². The van der Waals surface area contributed by atoms with Crippen molar-refractivity contribution < 1.29 is 14.8 Å². The lowest BCUT2D eigenvalue weighted by molar-refractivity contribution is -1.01. The number of hydrogen-bond acceptors (Lipinski definition) is 8. The molecule has 1 aromatic rings. The maximum absolute atomic E-state index is 10.5. The average molecular weight is 253 g/mol. The third-order valence-electron chi connectivity index (χ3n) is 1.51. The number of aromatic nitrogens is 3. The van der Waals surface area contributed by atoms with Crippen molar-refractivity contribution in [3.8, 4) is 0 Å². The Labute approximate surface area is 89.9 Å². The van der Waals surface area contributed by atoms with Gasteiger partial charge in [0.25, 0.3) is 0 Å². The van der Waals surface area contributed by atoms with Gasteiger partial charge in [0.1, 0.15) is 6.33 Å². The first-order valence-electron chi connectivity index (χ1n) is 3.34. The molecule has 0 atom stereocenters. The Morgan fingerprint density at radius 2 is 1.62 bits per heavy atom. The van der Waals surface area contributed by atoms with Gasteiger partial charge < -0.3 is 0 Å². The van der Waals surface area contributed by atoms with Gasteiger partial charge in [0.05, 0.1) is 0 Å². The van der Waals surface area contributed by atoms with Crippen LogP contribution in [0.2, 0.25) is 5.28 Å². The van der Waals surface area contributed by atoms with Crippen LogP contribution in [0.25, 0.3) is 0 Å². The second-order valence-electron chi connectivity index (χ2n) is 2.33. The summed E-state index contributed by atoms with van der Waals surface area (Å²) in [7, 11) is 0. The third-order valence-corrected chi connectivity index (χ3v) is 1.68. The number of nitro groups is 3. The topological polar surface area (TPSA) is 160 Å². The van der Waals surface area contributed by atoms with Crippen molar-refractivity contribution in [1.82, 2.24) is 14.8 Å². The van der Waals surface area contributed by atoms with E-state index in [1.165, 1.54) is 0 Å². The zero-order chi connectivity index (χ0) is 12.5. The molecule has 0 saturated heterocycles. The van der Waals surface area contributed by atoms with Crippen molar-refractivity contribution >= 4 is 11.6 Å². The molecule has 16 heavy (non-hydrogen) atoms. The summed E-state index contributed by atoms with van der Waals surface area (Å²) >= 11 is 5.17. The van der Waals surface area contributed by atoms with Crippen LogP contribution in [0.4, 0.5) is 0 Å². The van der Waals surface area contributed by atoms with Crippen LogP contribution in [0.5, 0.6) is 0 Å². The van der Waals surface area contributed by atoms with Gasteiger partial charge >= 0.3 is 5.91 Å². The van der Waals surface area contributed by atoms with E-state index in [9.17, 15) is 30.3 Å². The molecule has 0 aromatic carbocycles. The second kappa shape index (κ2) is 3.65. The molecular formula is C3HClN6O6. The van der Waals surface area contributed by atoms with Crippen LogP contribution in [0.15, 0.2) is 6.33 Å². The zero-order valence-corrected chi connectivity index (χ0v) is 7.84. The van der Waals surface area contributed by atoms with E-state index in [-0.39, 0.29) is 4.68 Å². The molecule has 0 saturated carbocycles. The summed E-state index contributed by atoms with van der Waals surface area (Å²) < 4.78 is -0.144. The van der Waals surface area contributed by atoms with Crippen LogP contribution in [0.3, 0.4) is 0 Å². The molecule has 12 nitrogen and oxygen atoms in total. The Morgan fingerprint density at radius 1 is 1.19 bits per heavy atom. The quantitative estimate of drug-likeness (QED) is 0.387. The van der Waals surface area contributed by atoms with Crippen molar-refractivity contribution in [2.75, 3.05) is 0 Å². The first kappa shape index (κ1) is 11.7. The van der Waals surface area contributed by atoms with Crippen LogP contribution < -0.4 is 0 Å². The highest BCUT2D eigenvalue weighted by molar-refractivity contribution is 6.28. The SMILES string of the molecule is O=[N+]([O-])C(n1cnc(Cl)n1)([N+](=O)[O-])[N+](=O)[O-]. The van der Waals surface area contributed by atoms with E-state index < -0.39 is 26.0 Å². The molecule has 0 amide bonds. The fourth-order valence-electron chi connectivity index (χ4n) is 0.838. The Morgan fingerprint density at radius 3 is 1.88 bits per heavy atom. The van der Waals surface area contributed by atoms with E-state index in [1.54, 1.807) is 0 Å². The Balaban J connectivity index is 3.51. The number of hydrogen-bond donors (Lipinski definition) is 0. The van der Waals surface area contributed by atoms with Gasteiger partial charge in [-0.2, -0.15) is 0 Å². The van der Waals surface area contributed by atoms with Gasteiger partial charge in [0.2, 0.25) is 20.1 Å². The molecule has 1 rings (SSSR count). The van der Waals surface area contributed by atoms with Crippen LogP contribution in [-0.4, -0.2) is 29.5 Å². The van der Waals surface area contributed by atoms with E-state index >= 15 is 0 Å². The summed E-state index contributed by atoms with van der Waals surface area (Å²) in [6.45, 7) is 0. The molecule has 13 heteroatoms. The Bertz CT molecular complexity index is 433. The molecule has 0 aliphatic rings. The first-order valence-corrected chi connectivity index (χ1v) is 3.72. The summed E-state index contributed by atoms with van der Waals surface area (Å²) in [6.07, 6.45) is 0.427. The third kappa shape index (κ3) is 1.40. The predicted octanol–water partition coefficient (Wildman–Crippen LogP) is -0.671. The number of halogens is 1. The van der Waals surface area contributed by atoms with E-state index in [1.807, 2.05) is 0 Å². The van der Waals surface area contributed by atoms with Gasteiger partial charge in [-0.25, -0.2) is 4.98 Å². The summed E-state index contributed by atoms with van der Waals surface area (Å²) in [5.41, 5.74) is 0. The molecule has 0 spiro atoms. The lowest BCUT2D eigenvalue weighted by Gasteiger charge is -2.06. The first-order chi connectivity index (χ1) is 7.33. The second-order valence-corrected chi connectivity index (χ2v) is 2.67. The fraction of sp³-hybridized carbons (Fsp3) is 0.333. The summed E-state index contributed by atoms with van der Waals surface area (Å²) in [6, 6.07) is 0. The van der Waals surface area contributed by atoms with Crippen molar-refractivity contribution in [1.29, 1.82) is 0 Å². The van der Waals surface area contributed by atoms with Gasteiger partial charge in [-0.05, 0) is 16.3 Å². The lowest BCUT2D eigenvalue weighted by atomic mass is 10.7. The van der Waals surface area contributed by atoms with E-state index in [2.05, 4.69) is 10.1 Å². The zero-order valence-electron chi connectivity index (χ0n) is 7.09. The molecule has 0 aliphatic carbocycles. The molecular weight excluding hydrogens is 252 g/mol. The van der Waals surface area contributed by atoms with Crippen LogP contribution >= 0.6 is 11.6 Å². The smallest absolute Gasteiger partial charge is 0.251 e. The molecule has 0 radical (unpaired) electrons. The lowest BCUT2D eigenvalue weighted by Crippen LogP contribution is -2.55. The normalized spacial score (nSPS) is 11.1. The summed E-state index contributed by atoms with van der Waals surface area (Å²) in [5.74, 6) is -3.86. The largest absolute Gasteiger partial charge is 0.822 e. The fourth-order valence-corrected chi connectivity index (χ4v) is 0.963. The minimum atomic E-state index is -3.86. The van der Waals surface area contributed by atoms with Crippen molar-refractivity contribution in [3.63, 3.8) is 0 Å². The monoisotopic (exact) mass is 252 g/mol. The molecule has 0 bridgehead atoms. The molecule has 1 heterocycles. The van der Waals surface area contributed by atoms with Crippen molar-refractivity contribution in [3.05, 3.63) is 42.0 Å². The van der Waals surface area contributed by atoms with Crippen LogP contribution in [0.1, 0.15) is 0 Å². The summed E-state index contributed by atoms with van der Waals surface area (Å²) in [4.78, 5) is 29.5. The summed E-state index contributed by atoms with van der Waals surface area (Å²) in [5, 5.41) is 33.9. The minimum Gasteiger partial charge on any atom is -0.251 e. The highest BCUT2D eigenvalue weighted by atomic mass is 35.5. The van der Waals surface area contributed by atoms with Crippen molar-refractivity contribution in [2.45, 2.75) is 5.91 Å². The maximum Gasteiger partial charge on any atom is 0.822 e. The minimum absolute atomic E-state index is 0.144. The average Bonchev–Trinajstić information content (AvgIpc) is 2.50.